The molecule has 1 fully saturated rings. The van der Waals surface area contributed by atoms with Gasteiger partial charge in [0.05, 0.1) is 20.0 Å². The molecular weight excluding hydrogens is 208 g/mol. The van der Waals surface area contributed by atoms with Crippen molar-refractivity contribution in [1.82, 2.24) is 0 Å². The molecule has 1 saturated carbocycles. The molecule has 92 valence electrons. The van der Waals surface area contributed by atoms with Crippen LogP contribution in [0.25, 0.3) is 0 Å². The summed E-state index contributed by atoms with van der Waals surface area (Å²) in [7, 11) is 1.35. The Kier molecular flexibility index (Phi) is 4.33. The van der Waals surface area contributed by atoms with Crippen molar-refractivity contribution in [3.05, 3.63) is 0 Å². The average molecular weight is 228 g/mol. The van der Waals surface area contributed by atoms with Crippen LogP contribution in [0.1, 0.15) is 45.4 Å². The maximum Gasteiger partial charge on any atom is 0.306 e. The molecule has 0 spiro atoms. The van der Waals surface area contributed by atoms with Gasteiger partial charge in [-0.1, -0.05) is 19.8 Å². The zero-order chi connectivity index (χ0) is 12.2. The Hall–Kier alpha value is -1.06. The second-order valence-electron chi connectivity index (χ2n) is 5.01. The smallest absolute Gasteiger partial charge is 0.306 e. The standard InChI is InChI=1S/C12H20O4/c1-9-3-5-12(6-4-9,7-10(13)14)8-11(15)16-2/h9H,3-8H2,1-2H3,(H,13,14). The van der Waals surface area contributed by atoms with Gasteiger partial charge in [0.25, 0.3) is 0 Å². The normalized spacial score (nSPS) is 29.8. The van der Waals surface area contributed by atoms with Gasteiger partial charge in [-0.15, -0.1) is 0 Å². The maximum atomic E-state index is 11.3. The lowest BCUT2D eigenvalue weighted by Gasteiger charge is -2.37. The van der Waals surface area contributed by atoms with E-state index in [-0.39, 0.29) is 24.2 Å². The Balaban J connectivity index is 2.68. The lowest BCUT2D eigenvalue weighted by Crippen LogP contribution is -2.32. The molecule has 0 bridgehead atoms. The average Bonchev–Trinajstić information content (AvgIpc) is 2.21. The molecule has 0 amide bonds. The minimum absolute atomic E-state index is 0.0782. The van der Waals surface area contributed by atoms with Gasteiger partial charge in [0.2, 0.25) is 0 Å². The van der Waals surface area contributed by atoms with E-state index < -0.39 is 5.97 Å². The van der Waals surface area contributed by atoms with Crippen LogP contribution in [0, 0.1) is 11.3 Å². The number of esters is 1. The number of hydrogen-bond donors (Lipinski definition) is 1. The number of methoxy groups -OCH3 is 1. The number of carbonyl (C=O) groups excluding carboxylic acids is 1. The van der Waals surface area contributed by atoms with Gasteiger partial charge < -0.3 is 9.84 Å². The SMILES string of the molecule is COC(=O)CC1(CC(=O)O)CCC(C)CC1. The van der Waals surface area contributed by atoms with Gasteiger partial charge in [0.1, 0.15) is 0 Å². The van der Waals surface area contributed by atoms with Crippen LogP contribution in [-0.4, -0.2) is 24.2 Å². The molecule has 0 aromatic rings. The summed E-state index contributed by atoms with van der Waals surface area (Å²) in [5.74, 6) is -0.478. The van der Waals surface area contributed by atoms with Crippen LogP contribution in [0.4, 0.5) is 0 Å². The summed E-state index contributed by atoms with van der Waals surface area (Å²) >= 11 is 0. The molecule has 1 rings (SSSR count). The molecule has 0 saturated heterocycles. The second kappa shape index (κ2) is 5.32. The van der Waals surface area contributed by atoms with E-state index in [1.54, 1.807) is 0 Å². The fourth-order valence-corrected chi connectivity index (χ4v) is 2.49. The van der Waals surface area contributed by atoms with Crippen LogP contribution < -0.4 is 0 Å². The molecule has 0 aromatic heterocycles. The summed E-state index contributed by atoms with van der Waals surface area (Å²) in [6, 6.07) is 0. The lowest BCUT2D eigenvalue weighted by molar-refractivity contribution is -0.147. The molecule has 16 heavy (non-hydrogen) atoms. The number of rotatable bonds is 4. The largest absolute Gasteiger partial charge is 0.481 e. The molecule has 1 aliphatic rings. The number of hydrogen-bond acceptors (Lipinski definition) is 3. The minimum atomic E-state index is -0.821. The molecular formula is C12H20O4. The van der Waals surface area contributed by atoms with E-state index in [1.807, 2.05) is 0 Å². The van der Waals surface area contributed by atoms with Gasteiger partial charge >= 0.3 is 11.9 Å². The van der Waals surface area contributed by atoms with Crippen molar-refractivity contribution in [3.8, 4) is 0 Å². The Labute approximate surface area is 96.0 Å². The number of aliphatic carboxylic acids is 1. The highest BCUT2D eigenvalue weighted by atomic mass is 16.5. The summed E-state index contributed by atoms with van der Waals surface area (Å²) in [5.41, 5.74) is -0.370. The Morgan fingerprint density at radius 1 is 1.31 bits per heavy atom. The van der Waals surface area contributed by atoms with Crippen LogP contribution in [0.2, 0.25) is 0 Å². The highest BCUT2D eigenvalue weighted by Gasteiger charge is 2.38. The molecule has 1 N–H and O–H groups in total. The van der Waals surface area contributed by atoms with Gasteiger partial charge in [-0.05, 0) is 24.2 Å². The summed E-state index contributed by atoms with van der Waals surface area (Å²) in [6.07, 6.45) is 3.96. The third-order valence-corrected chi connectivity index (χ3v) is 3.61. The molecule has 0 aromatic carbocycles. The first-order valence-corrected chi connectivity index (χ1v) is 5.76. The number of carboxylic acids is 1. The number of carboxylic acid groups (broad SMARTS) is 1. The Morgan fingerprint density at radius 3 is 2.31 bits per heavy atom. The van der Waals surface area contributed by atoms with Crippen molar-refractivity contribution >= 4 is 11.9 Å². The topological polar surface area (TPSA) is 63.6 Å². The summed E-state index contributed by atoms with van der Waals surface area (Å²) in [4.78, 5) is 22.2. The Bertz CT molecular complexity index is 264. The van der Waals surface area contributed by atoms with Crippen LogP contribution in [0.15, 0.2) is 0 Å². The van der Waals surface area contributed by atoms with Crippen LogP contribution in [0.5, 0.6) is 0 Å². The highest BCUT2D eigenvalue weighted by Crippen LogP contribution is 2.44. The van der Waals surface area contributed by atoms with Crippen molar-refractivity contribution in [2.24, 2.45) is 11.3 Å². The first-order chi connectivity index (χ1) is 7.47. The maximum absolute atomic E-state index is 11.3. The van der Waals surface area contributed by atoms with Crippen molar-refractivity contribution in [1.29, 1.82) is 0 Å². The van der Waals surface area contributed by atoms with Crippen LogP contribution >= 0.6 is 0 Å². The van der Waals surface area contributed by atoms with Gasteiger partial charge in [-0.3, -0.25) is 9.59 Å². The minimum Gasteiger partial charge on any atom is -0.481 e. The number of ether oxygens (including phenoxy) is 1. The zero-order valence-corrected chi connectivity index (χ0v) is 9.99. The first kappa shape index (κ1) is 13.0. The molecule has 4 nitrogen and oxygen atoms in total. The van der Waals surface area contributed by atoms with Crippen molar-refractivity contribution in [3.63, 3.8) is 0 Å². The van der Waals surface area contributed by atoms with Gasteiger partial charge in [0, 0.05) is 0 Å². The van der Waals surface area contributed by atoms with Crippen molar-refractivity contribution < 1.29 is 19.4 Å². The van der Waals surface area contributed by atoms with E-state index in [9.17, 15) is 9.59 Å². The quantitative estimate of drug-likeness (QED) is 0.749. The third kappa shape index (κ3) is 3.51. The van der Waals surface area contributed by atoms with Gasteiger partial charge in [-0.25, -0.2) is 0 Å². The molecule has 1 aliphatic carbocycles. The van der Waals surface area contributed by atoms with E-state index in [0.717, 1.165) is 25.7 Å². The first-order valence-electron chi connectivity index (χ1n) is 5.76. The van der Waals surface area contributed by atoms with Gasteiger partial charge in [0.15, 0.2) is 0 Å². The fourth-order valence-electron chi connectivity index (χ4n) is 2.49. The lowest BCUT2D eigenvalue weighted by atomic mass is 9.67. The molecule has 0 radical (unpaired) electrons. The van der Waals surface area contributed by atoms with E-state index in [0.29, 0.717) is 5.92 Å². The molecule has 0 aliphatic heterocycles. The Morgan fingerprint density at radius 2 is 1.88 bits per heavy atom. The summed E-state index contributed by atoms with van der Waals surface area (Å²) < 4.78 is 4.65. The predicted octanol–water partition coefficient (Wildman–Crippen LogP) is 2.22. The summed E-state index contributed by atoms with van der Waals surface area (Å²) in [5, 5.41) is 8.93. The van der Waals surface area contributed by atoms with Crippen LogP contribution in [0.3, 0.4) is 0 Å². The number of carbonyl (C=O) groups is 2. The zero-order valence-electron chi connectivity index (χ0n) is 9.99. The molecule has 0 unspecified atom stereocenters. The van der Waals surface area contributed by atoms with Crippen LogP contribution in [-0.2, 0) is 14.3 Å². The van der Waals surface area contributed by atoms with Gasteiger partial charge in [-0.2, -0.15) is 0 Å². The van der Waals surface area contributed by atoms with E-state index in [1.165, 1.54) is 7.11 Å². The van der Waals surface area contributed by atoms with E-state index in [4.69, 9.17) is 5.11 Å². The fraction of sp³-hybridized carbons (Fsp3) is 0.833. The molecule has 4 heteroatoms. The van der Waals surface area contributed by atoms with E-state index in [2.05, 4.69) is 11.7 Å². The van der Waals surface area contributed by atoms with E-state index >= 15 is 0 Å². The highest BCUT2D eigenvalue weighted by molar-refractivity contribution is 5.73. The molecule has 0 heterocycles. The second-order valence-corrected chi connectivity index (χ2v) is 5.01. The monoisotopic (exact) mass is 228 g/mol. The third-order valence-electron chi connectivity index (χ3n) is 3.61. The molecule has 0 atom stereocenters. The predicted molar refractivity (Wildman–Crippen MR) is 59.0 cm³/mol. The summed E-state index contributed by atoms with van der Waals surface area (Å²) in [6.45, 7) is 2.17. The van der Waals surface area contributed by atoms with Crippen molar-refractivity contribution in [2.45, 2.75) is 45.4 Å². The van der Waals surface area contributed by atoms with Crippen molar-refractivity contribution in [2.75, 3.05) is 7.11 Å².